The summed E-state index contributed by atoms with van der Waals surface area (Å²) >= 11 is 0. The zero-order valence-electron chi connectivity index (χ0n) is 19.9. The van der Waals surface area contributed by atoms with E-state index in [-0.39, 0.29) is 11.2 Å². The molecule has 35 heavy (non-hydrogen) atoms. The molecule has 5 nitrogen and oxygen atoms in total. The predicted octanol–water partition coefficient (Wildman–Crippen LogP) is 7.52. The summed E-state index contributed by atoms with van der Waals surface area (Å²) < 4.78 is 8.31. The Morgan fingerprint density at radius 3 is 2.43 bits per heavy atom. The Labute approximate surface area is 203 Å². The summed E-state index contributed by atoms with van der Waals surface area (Å²) in [6.07, 6.45) is 1.96. The number of hydrogen-bond donors (Lipinski definition) is 1. The Morgan fingerprint density at radius 2 is 1.63 bits per heavy atom. The third kappa shape index (κ3) is 3.66. The molecule has 3 heterocycles. The predicted molar refractivity (Wildman–Crippen MR) is 141 cm³/mol. The number of nitrogens with zero attached hydrogens (tertiary/aromatic N) is 3. The number of para-hydroxylation sites is 2. The van der Waals surface area contributed by atoms with E-state index in [0.717, 1.165) is 33.0 Å². The maximum atomic E-state index is 10.2. The second-order valence-electron chi connectivity index (χ2n) is 9.79. The molecule has 0 spiro atoms. The van der Waals surface area contributed by atoms with Crippen molar-refractivity contribution in [2.75, 3.05) is 0 Å². The van der Waals surface area contributed by atoms with Crippen molar-refractivity contribution in [3.8, 4) is 23.2 Å². The number of pyridine rings is 2. The van der Waals surface area contributed by atoms with E-state index >= 15 is 0 Å². The Kier molecular flexibility index (Phi) is 4.74. The van der Waals surface area contributed by atoms with Crippen LogP contribution in [0.5, 0.6) is 17.4 Å². The number of rotatable bonds is 3. The number of phenolic OH excluding ortho intramolecular Hbond substituents is 1. The van der Waals surface area contributed by atoms with Crippen LogP contribution in [-0.4, -0.2) is 19.6 Å². The second kappa shape index (κ2) is 7.84. The number of aromatic nitrogens is 3. The van der Waals surface area contributed by atoms with E-state index in [4.69, 9.17) is 9.72 Å². The van der Waals surface area contributed by atoms with Crippen LogP contribution in [0.25, 0.3) is 38.5 Å². The van der Waals surface area contributed by atoms with Gasteiger partial charge in [-0.15, -0.1) is 0 Å². The highest BCUT2D eigenvalue weighted by Gasteiger charge is 2.17. The Morgan fingerprint density at radius 1 is 0.800 bits per heavy atom. The summed E-state index contributed by atoms with van der Waals surface area (Å²) in [6.45, 7) is 6.57. The summed E-state index contributed by atoms with van der Waals surface area (Å²) in [5.41, 5.74) is 3.84. The molecule has 3 aromatic heterocycles. The molecule has 1 N–H and O–H groups in total. The number of fused-ring (bicyclic) bond motifs is 4. The molecule has 172 valence electrons. The van der Waals surface area contributed by atoms with Gasteiger partial charge >= 0.3 is 0 Å². The number of phenols is 1. The van der Waals surface area contributed by atoms with Crippen molar-refractivity contribution in [2.24, 2.45) is 0 Å². The van der Waals surface area contributed by atoms with Crippen molar-refractivity contribution in [3.05, 3.63) is 96.7 Å². The normalized spacial score (nSPS) is 12.0. The zero-order chi connectivity index (χ0) is 24.2. The van der Waals surface area contributed by atoms with Gasteiger partial charge in [0.1, 0.15) is 22.8 Å². The van der Waals surface area contributed by atoms with Crippen molar-refractivity contribution in [1.29, 1.82) is 0 Å². The van der Waals surface area contributed by atoms with Gasteiger partial charge in [-0.3, -0.25) is 4.57 Å². The number of benzene rings is 3. The van der Waals surface area contributed by atoms with Crippen LogP contribution in [0.1, 0.15) is 26.3 Å². The van der Waals surface area contributed by atoms with Gasteiger partial charge in [0.05, 0.1) is 11.0 Å². The van der Waals surface area contributed by atoms with Crippen molar-refractivity contribution < 1.29 is 9.84 Å². The van der Waals surface area contributed by atoms with Crippen LogP contribution in [0, 0.1) is 0 Å². The molecule has 0 amide bonds. The van der Waals surface area contributed by atoms with Gasteiger partial charge in [0.15, 0.2) is 0 Å². The molecule has 0 radical (unpaired) electrons. The maximum absolute atomic E-state index is 10.2. The summed E-state index contributed by atoms with van der Waals surface area (Å²) in [4.78, 5) is 9.34. The first-order valence-electron chi connectivity index (χ1n) is 11.7. The highest BCUT2D eigenvalue weighted by Crippen LogP contribution is 2.35. The second-order valence-corrected chi connectivity index (χ2v) is 9.79. The third-order valence-electron chi connectivity index (χ3n) is 6.38. The Hall–Kier alpha value is -4.38. The molecule has 6 rings (SSSR count). The lowest BCUT2D eigenvalue weighted by Crippen LogP contribution is -2.11. The highest BCUT2D eigenvalue weighted by molar-refractivity contribution is 6.09. The van der Waals surface area contributed by atoms with E-state index in [9.17, 15) is 5.11 Å². The fraction of sp³-hybridized carbons (Fsp3) is 0.133. The number of aromatic hydroxyl groups is 1. The summed E-state index contributed by atoms with van der Waals surface area (Å²) in [6, 6.07) is 27.7. The molecule has 0 saturated heterocycles. The average molecular weight is 460 g/mol. The van der Waals surface area contributed by atoms with Gasteiger partial charge in [-0.25, -0.2) is 9.97 Å². The molecule has 0 bridgehead atoms. The van der Waals surface area contributed by atoms with E-state index in [2.05, 4.69) is 66.7 Å². The molecule has 0 aliphatic rings. The lowest BCUT2D eigenvalue weighted by atomic mass is 9.88. The first-order chi connectivity index (χ1) is 16.9. The molecule has 6 aromatic rings. The van der Waals surface area contributed by atoms with Crippen LogP contribution in [0.4, 0.5) is 0 Å². The highest BCUT2D eigenvalue weighted by atomic mass is 16.5. The van der Waals surface area contributed by atoms with Crippen molar-refractivity contribution in [1.82, 2.24) is 14.5 Å². The van der Waals surface area contributed by atoms with Gasteiger partial charge in [0, 0.05) is 34.5 Å². The lowest BCUT2D eigenvalue weighted by molar-refractivity contribution is 0.460. The Balaban J connectivity index is 1.48. The standard InChI is InChI=1S/C30H25N3O2/c1-30(2,3)20-12-15-27(31-18-20)33-24-9-5-4-8-22(24)23-14-13-21(17-25(23)33)35-28-16-11-19-7-6-10-26(34)29(19)32-28/h4-18,34H,1-3H3. The minimum absolute atomic E-state index is 0.0364. The first kappa shape index (κ1) is 21.2. The molecular formula is C30H25N3O2. The van der Waals surface area contributed by atoms with E-state index in [1.54, 1.807) is 12.1 Å². The van der Waals surface area contributed by atoms with Gasteiger partial charge in [-0.05, 0) is 47.4 Å². The van der Waals surface area contributed by atoms with Crippen molar-refractivity contribution in [2.45, 2.75) is 26.2 Å². The van der Waals surface area contributed by atoms with Gasteiger partial charge in [0.2, 0.25) is 5.88 Å². The monoisotopic (exact) mass is 459 g/mol. The SMILES string of the molecule is CC(C)(C)c1ccc(-n2c3ccccc3c3ccc(Oc4ccc5cccc(O)c5n4)cc32)nc1. The average Bonchev–Trinajstić information content (AvgIpc) is 3.18. The fourth-order valence-corrected chi connectivity index (χ4v) is 4.51. The van der Waals surface area contributed by atoms with E-state index < -0.39 is 0 Å². The topological polar surface area (TPSA) is 60.2 Å². The summed E-state index contributed by atoms with van der Waals surface area (Å²) in [5.74, 6) is 2.08. The molecule has 3 aromatic carbocycles. The molecule has 0 fully saturated rings. The van der Waals surface area contributed by atoms with Gasteiger partial charge < -0.3 is 9.84 Å². The van der Waals surface area contributed by atoms with E-state index in [0.29, 0.717) is 17.1 Å². The molecule has 0 unspecified atom stereocenters. The molecule has 0 aliphatic heterocycles. The number of hydrogen-bond acceptors (Lipinski definition) is 4. The quantitative estimate of drug-likeness (QED) is 0.297. The summed E-state index contributed by atoms with van der Waals surface area (Å²) in [7, 11) is 0. The van der Waals surface area contributed by atoms with Crippen LogP contribution in [-0.2, 0) is 5.41 Å². The minimum atomic E-state index is 0.0364. The van der Waals surface area contributed by atoms with Crippen LogP contribution in [0.2, 0.25) is 0 Å². The largest absolute Gasteiger partial charge is 0.506 e. The smallest absolute Gasteiger partial charge is 0.219 e. The maximum Gasteiger partial charge on any atom is 0.219 e. The lowest BCUT2D eigenvalue weighted by Gasteiger charge is -2.18. The molecule has 0 saturated carbocycles. The molecule has 5 heteroatoms. The molecule has 0 atom stereocenters. The van der Waals surface area contributed by atoms with E-state index in [1.165, 1.54) is 5.56 Å². The van der Waals surface area contributed by atoms with Crippen molar-refractivity contribution in [3.63, 3.8) is 0 Å². The Bertz CT molecular complexity index is 1710. The van der Waals surface area contributed by atoms with Gasteiger partial charge in [-0.1, -0.05) is 57.2 Å². The molecular weight excluding hydrogens is 434 g/mol. The van der Waals surface area contributed by atoms with Gasteiger partial charge in [0.25, 0.3) is 0 Å². The van der Waals surface area contributed by atoms with Crippen LogP contribution < -0.4 is 4.74 Å². The van der Waals surface area contributed by atoms with Crippen molar-refractivity contribution >= 4 is 32.7 Å². The van der Waals surface area contributed by atoms with Crippen LogP contribution >= 0.6 is 0 Å². The third-order valence-corrected chi connectivity index (χ3v) is 6.38. The summed E-state index contributed by atoms with van der Waals surface area (Å²) in [5, 5.41) is 13.3. The van der Waals surface area contributed by atoms with Crippen LogP contribution in [0.15, 0.2) is 91.1 Å². The van der Waals surface area contributed by atoms with Gasteiger partial charge in [-0.2, -0.15) is 0 Å². The number of ether oxygens (including phenoxy) is 1. The molecule has 0 aliphatic carbocycles. The fourth-order valence-electron chi connectivity index (χ4n) is 4.51. The zero-order valence-corrected chi connectivity index (χ0v) is 19.9. The minimum Gasteiger partial charge on any atom is -0.506 e. The van der Waals surface area contributed by atoms with E-state index in [1.807, 2.05) is 42.6 Å². The first-order valence-corrected chi connectivity index (χ1v) is 11.7. The van der Waals surface area contributed by atoms with Crippen LogP contribution in [0.3, 0.4) is 0 Å².